The molecule has 0 spiro atoms. The van der Waals surface area contributed by atoms with Gasteiger partial charge in [-0.2, -0.15) is 0 Å². The zero-order valence-electron chi connectivity index (χ0n) is 10.6. The maximum absolute atomic E-state index is 10.9. The van der Waals surface area contributed by atoms with Crippen molar-refractivity contribution in [2.45, 2.75) is 13.5 Å². The lowest BCUT2D eigenvalue weighted by Crippen LogP contribution is -2.09. The average molecular weight is 254 g/mol. The minimum atomic E-state index is -0.435. The van der Waals surface area contributed by atoms with Crippen molar-refractivity contribution >= 4 is 5.69 Å². The molecule has 0 saturated heterocycles. The Morgan fingerprint density at radius 1 is 1.39 bits per heavy atom. The first-order chi connectivity index (χ1) is 8.69. The molecule has 6 nitrogen and oxygen atoms in total. The van der Waals surface area contributed by atoms with Crippen molar-refractivity contribution < 1.29 is 14.4 Å². The van der Waals surface area contributed by atoms with Gasteiger partial charge in [-0.1, -0.05) is 6.07 Å². The van der Waals surface area contributed by atoms with Crippen LogP contribution in [0.15, 0.2) is 18.2 Å². The molecular weight excluding hydrogens is 236 g/mol. The SMILES string of the molecule is CCOCCOc1ccc(CNC)cc1[N+](=O)[O-]. The predicted octanol–water partition coefficient (Wildman–Crippen LogP) is 1.73. The van der Waals surface area contributed by atoms with Gasteiger partial charge in [0.25, 0.3) is 0 Å². The summed E-state index contributed by atoms with van der Waals surface area (Å²) in [6, 6.07) is 4.95. The molecule has 18 heavy (non-hydrogen) atoms. The van der Waals surface area contributed by atoms with Crippen LogP contribution in [-0.2, 0) is 11.3 Å². The number of nitro benzene ring substituents is 1. The smallest absolute Gasteiger partial charge is 0.311 e. The summed E-state index contributed by atoms with van der Waals surface area (Å²) in [5, 5.41) is 13.9. The average Bonchev–Trinajstić information content (AvgIpc) is 2.36. The van der Waals surface area contributed by atoms with Gasteiger partial charge >= 0.3 is 5.69 Å². The number of nitrogens with one attached hydrogen (secondary N) is 1. The molecule has 0 aromatic heterocycles. The number of nitro groups is 1. The second-order valence-corrected chi connectivity index (χ2v) is 3.63. The minimum Gasteiger partial charge on any atom is -0.484 e. The molecule has 0 radical (unpaired) electrons. The molecule has 0 aliphatic carbocycles. The summed E-state index contributed by atoms with van der Waals surface area (Å²) in [6.45, 7) is 3.80. The van der Waals surface area contributed by atoms with E-state index in [2.05, 4.69) is 5.32 Å². The zero-order valence-corrected chi connectivity index (χ0v) is 10.6. The molecule has 6 heteroatoms. The van der Waals surface area contributed by atoms with Crippen LogP contribution >= 0.6 is 0 Å². The first-order valence-electron chi connectivity index (χ1n) is 5.81. The van der Waals surface area contributed by atoms with Crippen molar-refractivity contribution in [2.24, 2.45) is 0 Å². The third kappa shape index (κ3) is 4.31. The molecular formula is C12H18N2O4. The van der Waals surface area contributed by atoms with Gasteiger partial charge in [0.1, 0.15) is 6.61 Å². The van der Waals surface area contributed by atoms with Gasteiger partial charge in [-0.15, -0.1) is 0 Å². The third-order valence-electron chi connectivity index (χ3n) is 2.29. The Bertz CT molecular complexity index is 396. The fourth-order valence-electron chi connectivity index (χ4n) is 1.50. The number of ether oxygens (including phenoxy) is 2. The normalized spacial score (nSPS) is 10.3. The predicted molar refractivity (Wildman–Crippen MR) is 67.8 cm³/mol. The molecule has 0 bridgehead atoms. The van der Waals surface area contributed by atoms with Crippen LogP contribution < -0.4 is 10.1 Å². The van der Waals surface area contributed by atoms with Crippen LogP contribution in [0.25, 0.3) is 0 Å². The molecule has 0 aliphatic heterocycles. The molecule has 1 aromatic carbocycles. The minimum absolute atomic E-state index is 0.0146. The number of nitrogens with zero attached hydrogens (tertiary/aromatic N) is 1. The highest BCUT2D eigenvalue weighted by atomic mass is 16.6. The largest absolute Gasteiger partial charge is 0.484 e. The maximum atomic E-state index is 10.9. The summed E-state index contributed by atoms with van der Waals surface area (Å²) >= 11 is 0. The lowest BCUT2D eigenvalue weighted by Gasteiger charge is -2.08. The van der Waals surface area contributed by atoms with Gasteiger partial charge in [-0.3, -0.25) is 10.1 Å². The van der Waals surface area contributed by atoms with E-state index in [1.165, 1.54) is 6.07 Å². The summed E-state index contributed by atoms with van der Waals surface area (Å²) in [4.78, 5) is 10.5. The van der Waals surface area contributed by atoms with Crippen LogP contribution in [0.2, 0.25) is 0 Å². The molecule has 1 N–H and O–H groups in total. The van der Waals surface area contributed by atoms with Gasteiger partial charge in [-0.05, 0) is 25.6 Å². The van der Waals surface area contributed by atoms with E-state index < -0.39 is 4.92 Å². The first-order valence-corrected chi connectivity index (χ1v) is 5.81. The standard InChI is InChI=1S/C12H18N2O4/c1-3-17-6-7-18-12-5-4-10(9-13-2)8-11(12)14(15)16/h4-5,8,13H,3,6-7,9H2,1-2H3. The third-order valence-corrected chi connectivity index (χ3v) is 2.29. The quantitative estimate of drug-likeness (QED) is 0.434. The monoisotopic (exact) mass is 254 g/mol. The van der Waals surface area contributed by atoms with E-state index in [0.29, 0.717) is 26.4 Å². The highest BCUT2D eigenvalue weighted by Crippen LogP contribution is 2.27. The molecule has 1 aromatic rings. The first kappa shape index (κ1) is 14.4. The lowest BCUT2D eigenvalue weighted by molar-refractivity contribution is -0.386. The van der Waals surface area contributed by atoms with Crippen LogP contribution in [0, 0.1) is 10.1 Å². The van der Waals surface area contributed by atoms with E-state index in [9.17, 15) is 10.1 Å². The number of benzene rings is 1. The molecule has 0 fully saturated rings. The van der Waals surface area contributed by atoms with E-state index in [1.54, 1.807) is 19.2 Å². The van der Waals surface area contributed by atoms with Crippen LogP contribution in [0.1, 0.15) is 12.5 Å². The Morgan fingerprint density at radius 2 is 2.17 bits per heavy atom. The highest BCUT2D eigenvalue weighted by Gasteiger charge is 2.15. The Kier molecular flexibility index (Phi) is 6.10. The van der Waals surface area contributed by atoms with Crippen molar-refractivity contribution in [3.05, 3.63) is 33.9 Å². The van der Waals surface area contributed by atoms with Gasteiger partial charge in [-0.25, -0.2) is 0 Å². The molecule has 0 amide bonds. The molecule has 0 saturated carbocycles. The van der Waals surface area contributed by atoms with Crippen LogP contribution in [0.3, 0.4) is 0 Å². The second-order valence-electron chi connectivity index (χ2n) is 3.63. The number of rotatable bonds is 8. The summed E-state index contributed by atoms with van der Waals surface area (Å²) < 4.78 is 10.5. The molecule has 0 atom stereocenters. The molecule has 100 valence electrons. The van der Waals surface area contributed by atoms with E-state index in [-0.39, 0.29) is 11.4 Å². The van der Waals surface area contributed by atoms with Crippen molar-refractivity contribution in [2.75, 3.05) is 26.9 Å². The fraction of sp³-hybridized carbons (Fsp3) is 0.500. The van der Waals surface area contributed by atoms with E-state index in [0.717, 1.165) is 5.56 Å². The molecule has 1 rings (SSSR count). The Labute approximate surface area is 106 Å². The zero-order chi connectivity index (χ0) is 13.4. The van der Waals surface area contributed by atoms with E-state index >= 15 is 0 Å². The summed E-state index contributed by atoms with van der Waals surface area (Å²) in [5.74, 6) is 0.277. The van der Waals surface area contributed by atoms with Crippen molar-refractivity contribution in [3.63, 3.8) is 0 Å². The van der Waals surface area contributed by atoms with Gasteiger partial charge in [0, 0.05) is 19.2 Å². The second kappa shape index (κ2) is 7.62. The fourth-order valence-corrected chi connectivity index (χ4v) is 1.50. The maximum Gasteiger partial charge on any atom is 0.311 e. The summed E-state index contributed by atoms with van der Waals surface area (Å²) in [7, 11) is 1.79. The molecule has 0 unspecified atom stereocenters. The van der Waals surface area contributed by atoms with Crippen LogP contribution in [-0.4, -0.2) is 31.8 Å². The summed E-state index contributed by atoms with van der Waals surface area (Å²) in [5.41, 5.74) is 0.834. The highest BCUT2D eigenvalue weighted by molar-refractivity contribution is 5.48. The molecule has 0 aliphatic rings. The van der Waals surface area contributed by atoms with Crippen molar-refractivity contribution in [3.8, 4) is 5.75 Å². The summed E-state index contributed by atoms with van der Waals surface area (Å²) in [6.07, 6.45) is 0. The van der Waals surface area contributed by atoms with Crippen LogP contribution in [0.5, 0.6) is 5.75 Å². The van der Waals surface area contributed by atoms with E-state index in [4.69, 9.17) is 9.47 Å². The lowest BCUT2D eigenvalue weighted by atomic mass is 10.2. The van der Waals surface area contributed by atoms with Crippen molar-refractivity contribution in [1.29, 1.82) is 0 Å². The number of hydrogen-bond acceptors (Lipinski definition) is 5. The van der Waals surface area contributed by atoms with Crippen LogP contribution in [0.4, 0.5) is 5.69 Å². The number of hydrogen-bond donors (Lipinski definition) is 1. The molecule has 0 heterocycles. The van der Waals surface area contributed by atoms with Gasteiger partial charge in [0.15, 0.2) is 5.75 Å². The van der Waals surface area contributed by atoms with Gasteiger partial charge in [0.05, 0.1) is 11.5 Å². The van der Waals surface area contributed by atoms with Gasteiger partial charge < -0.3 is 14.8 Å². The Morgan fingerprint density at radius 3 is 2.78 bits per heavy atom. The topological polar surface area (TPSA) is 73.6 Å². The van der Waals surface area contributed by atoms with E-state index in [1.807, 2.05) is 6.92 Å². The Balaban J connectivity index is 2.73. The van der Waals surface area contributed by atoms with Gasteiger partial charge in [0.2, 0.25) is 0 Å². The van der Waals surface area contributed by atoms with Crippen molar-refractivity contribution in [1.82, 2.24) is 5.32 Å². The Hall–Kier alpha value is -1.66.